The molecule has 0 nitrogen and oxygen atoms in total. The molecule has 3 aromatic carbocycles. The van der Waals surface area contributed by atoms with E-state index in [1.54, 1.807) is 11.1 Å². The molecule has 1 unspecified atom stereocenters. The van der Waals surface area contributed by atoms with Crippen molar-refractivity contribution in [2.45, 2.75) is 25.2 Å². The highest BCUT2D eigenvalue weighted by Crippen LogP contribution is 2.36. The average Bonchev–Trinajstić information content (AvgIpc) is 2.91. The number of aryl methyl sites for hydroxylation is 1. The van der Waals surface area contributed by atoms with Gasteiger partial charge in [-0.1, -0.05) is 66.7 Å². The Morgan fingerprint density at radius 3 is 2.60 bits per heavy atom. The number of rotatable bonds is 2. The lowest BCUT2D eigenvalue weighted by Crippen LogP contribution is -1.99. The van der Waals surface area contributed by atoms with Crippen LogP contribution in [0, 0.1) is 0 Å². The van der Waals surface area contributed by atoms with Crippen LogP contribution in [0.2, 0.25) is 0 Å². The van der Waals surface area contributed by atoms with Gasteiger partial charge in [-0.2, -0.15) is 0 Å². The zero-order chi connectivity index (χ0) is 13.4. The summed E-state index contributed by atoms with van der Waals surface area (Å²) in [4.78, 5) is 0. The molecule has 0 N–H and O–H groups in total. The maximum Gasteiger partial charge on any atom is -0.0115 e. The zero-order valence-corrected chi connectivity index (χ0v) is 11.5. The van der Waals surface area contributed by atoms with E-state index in [1.165, 1.54) is 35.6 Å². The molecule has 98 valence electrons. The molecule has 0 bridgehead atoms. The van der Waals surface area contributed by atoms with E-state index in [2.05, 4.69) is 66.7 Å². The minimum absolute atomic E-state index is 0.692. The van der Waals surface area contributed by atoms with Crippen LogP contribution in [0.1, 0.15) is 29.0 Å². The molecule has 0 heterocycles. The summed E-state index contributed by atoms with van der Waals surface area (Å²) in [6.45, 7) is 0. The quantitative estimate of drug-likeness (QED) is 0.599. The van der Waals surface area contributed by atoms with Crippen LogP contribution in [0.15, 0.2) is 66.7 Å². The third-order valence-corrected chi connectivity index (χ3v) is 4.60. The van der Waals surface area contributed by atoms with E-state index in [-0.39, 0.29) is 0 Å². The fraction of sp³-hybridized carbons (Fsp3) is 0.200. The van der Waals surface area contributed by atoms with Gasteiger partial charge in [0.15, 0.2) is 0 Å². The van der Waals surface area contributed by atoms with E-state index in [4.69, 9.17) is 0 Å². The second-order valence-corrected chi connectivity index (χ2v) is 5.78. The molecule has 1 atom stereocenters. The standard InChI is InChI=1S/C20H18/c1-3-10-19-15(6-1)8-5-9-17(19)14-18-13-12-16-7-2-4-11-20(16)18/h1-11,18H,12-14H2. The van der Waals surface area contributed by atoms with Crippen molar-refractivity contribution < 1.29 is 0 Å². The van der Waals surface area contributed by atoms with Gasteiger partial charge in [-0.15, -0.1) is 0 Å². The summed E-state index contributed by atoms with van der Waals surface area (Å²) < 4.78 is 0. The largest absolute Gasteiger partial charge is 0.0620 e. The molecular weight excluding hydrogens is 240 g/mol. The lowest BCUT2D eigenvalue weighted by Gasteiger charge is -2.13. The summed E-state index contributed by atoms with van der Waals surface area (Å²) in [7, 11) is 0. The topological polar surface area (TPSA) is 0 Å². The Morgan fingerprint density at radius 2 is 1.60 bits per heavy atom. The number of hydrogen-bond acceptors (Lipinski definition) is 0. The zero-order valence-electron chi connectivity index (χ0n) is 11.5. The summed E-state index contributed by atoms with van der Waals surface area (Å²) in [6.07, 6.45) is 3.70. The van der Waals surface area contributed by atoms with Gasteiger partial charge in [0.05, 0.1) is 0 Å². The summed E-state index contributed by atoms with van der Waals surface area (Å²) in [5.74, 6) is 0.692. The maximum absolute atomic E-state index is 2.32. The van der Waals surface area contributed by atoms with E-state index in [9.17, 15) is 0 Å². The lowest BCUT2D eigenvalue weighted by molar-refractivity contribution is 0.677. The minimum atomic E-state index is 0.692. The van der Waals surface area contributed by atoms with Crippen LogP contribution in [0.4, 0.5) is 0 Å². The van der Waals surface area contributed by atoms with Crippen molar-refractivity contribution in [3.8, 4) is 0 Å². The Balaban J connectivity index is 1.73. The van der Waals surface area contributed by atoms with Gasteiger partial charge < -0.3 is 0 Å². The van der Waals surface area contributed by atoms with Crippen molar-refractivity contribution in [3.63, 3.8) is 0 Å². The van der Waals surface area contributed by atoms with E-state index in [0.717, 1.165) is 0 Å². The highest BCUT2D eigenvalue weighted by Gasteiger charge is 2.22. The van der Waals surface area contributed by atoms with Gasteiger partial charge in [-0.05, 0) is 52.6 Å². The molecule has 0 radical (unpaired) electrons. The molecule has 1 aliphatic rings. The molecule has 0 saturated carbocycles. The van der Waals surface area contributed by atoms with Crippen molar-refractivity contribution in [2.24, 2.45) is 0 Å². The Kier molecular flexibility index (Phi) is 2.81. The molecule has 0 aromatic heterocycles. The number of benzene rings is 3. The minimum Gasteiger partial charge on any atom is -0.0620 e. The van der Waals surface area contributed by atoms with E-state index >= 15 is 0 Å². The molecule has 20 heavy (non-hydrogen) atoms. The van der Waals surface area contributed by atoms with Crippen molar-refractivity contribution in [3.05, 3.63) is 83.4 Å². The van der Waals surface area contributed by atoms with Crippen LogP contribution < -0.4 is 0 Å². The number of hydrogen-bond donors (Lipinski definition) is 0. The molecule has 0 spiro atoms. The Bertz CT molecular complexity index is 749. The molecule has 1 aliphatic carbocycles. The van der Waals surface area contributed by atoms with Gasteiger partial charge in [0.2, 0.25) is 0 Å². The van der Waals surface area contributed by atoms with E-state index in [1.807, 2.05) is 0 Å². The Morgan fingerprint density at radius 1 is 0.800 bits per heavy atom. The maximum atomic E-state index is 2.32. The predicted octanol–water partition coefficient (Wildman–Crippen LogP) is 5.11. The first-order valence-electron chi connectivity index (χ1n) is 7.46. The van der Waals surface area contributed by atoms with Crippen LogP contribution in [0.5, 0.6) is 0 Å². The second kappa shape index (κ2) is 4.79. The summed E-state index contributed by atoms with van der Waals surface area (Å²) in [6, 6.07) is 24.4. The van der Waals surface area contributed by atoms with Gasteiger partial charge >= 0.3 is 0 Å². The summed E-state index contributed by atoms with van der Waals surface area (Å²) in [5.41, 5.74) is 4.61. The van der Waals surface area contributed by atoms with Gasteiger partial charge in [0, 0.05) is 0 Å². The number of fused-ring (bicyclic) bond motifs is 2. The second-order valence-electron chi connectivity index (χ2n) is 5.78. The molecular formula is C20H18. The van der Waals surface area contributed by atoms with Gasteiger partial charge in [0.1, 0.15) is 0 Å². The SMILES string of the molecule is c1ccc2c(c1)CCC2Cc1cccc2ccccc12. The van der Waals surface area contributed by atoms with E-state index < -0.39 is 0 Å². The van der Waals surface area contributed by atoms with Crippen LogP contribution in [0.25, 0.3) is 10.8 Å². The van der Waals surface area contributed by atoms with Crippen molar-refractivity contribution in [1.29, 1.82) is 0 Å². The summed E-state index contributed by atoms with van der Waals surface area (Å²) in [5, 5.41) is 2.77. The highest BCUT2D eigenvalue weighted by molar-refractivity contribution is 5.85. The third-order valence-electron chi connectivity index (χ3n) is 4.60. The van der Waals surface area contributed by atoms with Gasteiger partial charge in [0.25, 0.3) is 0 Å². The molecule has 4 rings (SSSR count). The fourth-order valence-corrected chi connectivity index (χ4v) is 3.59. The van der Waals surface area contributed by atoms with Crippen molar-refractivity contribution in [1.82, 2.24) is 0 Å². The predicted molar refractivity (Wildman–Crippen MR) is 85.2 cm³/mol. The molecule has 0 aliphatic heterocycles. The first-order chi connectivity index (χ1) is 9.92. The average molecular weight is 258 g/mol. The van der Waals surface area contributed by atoms with Gasteiger partial charge in [-0.3, -0.25) is 0 Å². The highest BCUT2D eigenvalue weighted by atomic mass is 14.3. The first kappa shape index (κ1) is 11.7. The first-order valence-corrected chi connectivity index (χ1v) is 7.46. The fourth-order valence-electron chi connectivity index (χ4n) is 3.59. The van der Waals surface area contributed by atoms with Crippen LogP contribution in [0.3, 0.4) is 0 Å². The van der Waals surface area contributed by atoms with Gasteiger partial charge in [-0.25, -0.2) is 0 Å². The lowest BCUT2D eigenvalue weighted by atomic mass is 9.91. The molecule has 0 heteroatoms. The van der Waals surface area contributed by atoms with Crippen LogP contribution in [-0.4, -0.2) is 0 Å². The Hall–Kier alpha value is -2.08. The monoisotopic (exact) mass is 258 g/mol. The van der Waals surface area contributed by atoms with Crippen LogP contribution >= 0.6 is 0 Å². The molecule has 0 amide bonds. The normalized spacial score (nSPS) is 17.3. The third kappa shape index (κ3) is 1.92. The van der Waals surface area contributed by atoms with Crippen molar-refractivity contribution in [2.75, 3.05) is 0 Å². The smallest absolute Gasteiger partial charge is 0.0115 e. The summed E-state index contributed by atoms with van der Waals surface area (Å²) >= 11 is 0. The van der Waals surface area contributed by atoms with Crippen molar-refractivity contribution >= 4 is 10.8 Å². The Labute approximate surface area is 120 Å². The molecule has 0 saturated heterocycles. The van der Waals surface area contributed by atoms with E-state index in [0.29, 0.717) is 5.92 Å². The molecule has 0 fully saturated rings. The van der Waals surface area contributed by atoms with Crippen LogP contribution in [-0.2, 0) is 12.8 Å². The molecule has 3 aromatic rings.